The molecule has 1 aliphatic rings. The van der Waals surface area contributed by atoms with Crippen molar-refractivity contribution in [2.75, 3.05) is 24.1 Å². The summed E-state index contributed by atoms with van der Waals surface area (Å²) in [5.41, 5.74) is 8.23. The Labute approximate surface area is 189 Å². The minimum Gasteiger partial charge on any atom is -0.342 e. The van der Waals surface area contributed by atoms with Crippen LogP contribution in [0, 0.1) is 5.82 Å². The molecule has 1 saturated heterocycles. The summed E-state index contributed by atoms with van der Waals surface area (Å²) in [6.45, 7) is 2.38. The summed E-state index contributed by atoms with van der Waals surface area (Å²) < 4.78 is 39.9. The molecule has 9 heteroatoms. The van der Waals surface area contributed by atoms with E-state index in [1.807, 2.05) is 6.07 Å². The number of rotatable bonds is 10. The Morgan fingerprint density at radius 1 is 1.19 bits per heavy atom. The second-order valence-corrected chi connectivity index (χ2v) is 10.0. The maximum Gasteiger partial charge on any atom is 0.253 e. The zero-order valence-electron chi connectivity index (χ0n) is 18.5. The molecule has 1 fully saturated rings. The molecule has 0 aliphatic carbocycles. The molecule has 2 aromatic rings. The molecule has 32 heavy (non-hydrogen) atoms. The average molecular weight is 463 g/mol. The minimum atomic E-state index is -3.41. The molecule has 1 aliphatic heterocycles. The predicted octanol–water partition coefficient (Wildman–Crippen LogP) is 3.44. The number of carbonyl (C=O) groups excluding carboxylic acids is 1. The van der Waals surface area contributed by atoms with Gasteiger partial charge in [-0.1, -0.05) is 25.1 Å². The maximum atomic E-state index is 13.4. The van der Waals surface area contributed by atoms with Crippen molar-refractivity contribution in [1.29, 1.82) is 0 Å². The molecule has 174 valence electrons. The largest absolute Gasteiger partial charge is 0.342 e. The summed E-state index contributed by atoms with van der Waals surface area (Å²) in [5.74, 6) is -0.360. The number of hydrazine groups is 1. The van der Waals surface area contributed by atoms with Crippen LogP contribution in [-0.2, 0) is 10.0 Å². The quantitative estimate of drug-likeness (QED) is 0.503. The van der Waals surface area contributed by atoms with Gasteiger partial charge in [0.05, 0.1) is 5.75 Å². The van der Waals surface area contributed by atoms with Gasteiger partial charge in [-0.25, -0.2) is 12.8 Å². The predicted molar refractivity (Wildman–Crippen MR) is 124 cm³/mol. The summed E-state index contributed by atoms with van der Waals surface area (Å²) in [7, 11) is -1.66. The molecular formula is C23H31FN4O3S. The first kappa shape index (κ1) is 24.2. The third-order valence-electron chi connectivity index (χ3n) is 5.48. The Bertz CT molecular complexity index is 1030. The highest BCUT2D eigenvalue weighted by Gasteiger charge is 2.25. The normalized spacial score (nSPS) is 18.5. The van der Waals surface area contributed by atoms with Crippen molar-refractivity contribution in [2.24, 2.45) is 0 Å². The average Bonchev–Trinajstić information content (AvgIpc) is 3.22. The molecule has 0 spiro atoms. The first-order valence-electron chi connectivity index (χ1n) is 10.9. The van der Waals surface area contributed by atoms with Crippen LogP contribution in [0.4, 0.5) is 10.1 Å². The van der Waals surface area contributed by atoms with E-state index < -0.39 is 10.0 Å². The highest BCUT2D eigenvalue weighted by molar-refractivity contribution is 7.92. The van der Waals surface area contributed by atoms with Gasteiger partial charge in [0, 0.05) is 36.9 Å². The van der Waals surface area contributed by atoms with E-state index in [0.29, 0.717) is 24.2 Å². The Morgan fingerprint density at radius 3 is 2.72 bits per heavy atom. The SMILES string of the molecule is CCCS(=O)(=O)Nc1cccc(C(=O)N(C)CCCC2CC(c3cccc(F)c3)NN2)c1. The van der Waals surface area contributed by atoms with Gasteiger partial charge in [-0.2, -0.15) is 0 Å². The number of sulfonamides is 1. The van der Waals surface area contributed by atoms with E-state index in [2.05, 4.69) is 15.6 Å². The topological polar surface area (TPSA) is 90.5 Å². The smallest absolute Gasteiger partial charge is 0.253 e. The van der Waals surface area contributed by atoms with E-state index in [1.54, 1.807) is 55.3 Å². The summed E-state index contributed by atoms with van der Waals surface area (Å²) in [6, 6.07) is 13.5. The number of halogens is 1. The molecule has 0 radical (unpaired) electrons. The van der Waals surface area contributed by atoms with Crippen LogP contribution in [0.15, 0.2) is 48.5 Å². The Kier molecular flexibility index (Phi) is 8.22. The fraction of sp³-hybridized carbons (Fsp3) is 0.435. The number of amides is 1. The fourth-order valence-electron chi connectivity index (χ4n) is 3.87. The van der Waals surface area contributed by atoms with Gasteiger partial charge in [0.1, 0.15) is 5.82 Å². The van der Waals surface area contributed by atoms with Crippen LogP contribution < -0.4 is 15.6 Å². The maximum absolute atomic E-state index is 13.4. The Balaban J connectivity index is 1.48. The second kappa shape index (κ2) is 10.9. The van der Waals surface area contributed by atoms with Crippen LogP contribution >= 0.6 is 0 Å². The minimum absolute atomic E-state index is 0.0369. The van der Waals surface area contributed by atoms with Gasteiger partial charge in [0.15, 0.2) is 0 Å². The lowest BCUT2D eigenvalue weighted by atomic mass is 9.99. The lowest BCUT2D eigenvalue weighted by Gasteiger charge is -2.19. The Morgan fingerprint density at radius 2 is 1.97 bits per heavy atom. The second-order valence-electron chi connectivity index (χ2n) is 8.20. The lowest BCUT2D eigenvalue weighted by Crippen LogP contribution is -2.32. The zero-order valence-corrected chi connectivity index (χ0v) is 19.3. The molecule has 3 N–H and O–H groups in total. The van der Waals surface area contributed by atoms with Crippen molar-refractivity contribution in [3.05, 3.63) is 65.5 Å². The molecule has 0 aromatic heterocycles. The monoisotopic (exact) mass is 462 g/mol. The standard InChI is InChI=1S/C23H31FN4O3S/c1-3-13-32(30,31)27-21-10-5-8-18(15-21)23(29)28(2)12-6-11-20-16-22(26-25-20)17-7-4-9-19(24)14-17/h4-5,7-10,14-15,20,22,25-27H,3,6,11-13,16H2,1-2H3. The number of hydrogen-bond donors (Lipinski definition) is 3. The van der Waals surface area contributed by atoms with E-state index in [4.69, 9.17) is 0 Å². The van der Waals surface area contributed by atoms with E-state index in [0.717, 1.165) is 24.8 Å². The molecule has 2 atom stereocenters. The van der Waals surface area contributed by atoms with Crippen molar-refractivity contribution in [2.45, 2.75) is 44.7 Å². The molecule has 0 bridgehead atoms. The van der Waals surface area contributed by atoms with Crippen LogP contribution in [0.25, 0.3) is 0 Å². The van der Waals surface area contributed by atoms with Gasteiger partial charge in [-0.05, 0) is 61.6 Å². The lowest BCUT2D eigenvalue weighted by molar-refractivity contribution is 0.0791. The molecular weight excluding hydrogens is 431 g/mol. The van der Waals surface area contributed by atoms with E-state index in [-0.39, 0.29) is 29.6 Å². The molecule has 1 heterocycles. The van der Waals surface area contributed by atoms with E-state index in [9.17, 15) is 17.6 Å². The molecule has 2 unspecified atom stereocenters. The van der Waals surface area contributed by atoms with E-state index >= 15 is 0 Å². The third kappa shape index (κ3) is 6.75. The number of carbonyl (C=O) groups is 1. The number of nitrogens with zero attached hydrogens (tertiary/aromatic N) is 1. The fourth-order valence-corrected chi connectivity index (χ4v) is 4.99. The van der Waals surface area contributed by atoms with Crippen LogP contribution in [0.3, 0.4) is 0 Å². The first-order chi connectivity index (χ1) is 15.3. The van der Waals surface area contributed by atoms with Crippen LogP contribution in [0.1, 0.15) is 54.6 Å². The van der Waals surface area contributed by atoms with Crippen molar-refractivity contribution in [1.82, 2.24) is 15.8 Å². The number of hydrogen-bond acceptors (Lipinski definition) is 5. The van der Waals surface area contributed by atoms with Crippen molar-refractivity contribution < 1.29 is 17.6 Å². The molecule has 7 nitrogen and oxygen atoms in total. The number of anilines is 1. The molecule has 2 aromatic carbocycles. The molecule has 3 rings (SSSR count). The van der Waals surface area contributed by atoms with E-state index in [1.165, 1.54) is 6.07 Å². The summed E-state index contributed by atoms with van der Waals surface area (Å²) in [5, 5.41) is 0. The van der Waals surface area contributed by atoms with Crippen molar-refractivity contribution in [3.8, 4) is 0 Å². The summed E-state index contributed by atoms with van der Waals surface area (Å²) in [4.78, 5) is 14.4. The van der Waals surface area contributed by atoms with Gasteiger partial charge >= 0.3 is 0 Å². The number of benzene rings is 2. The summed E-state index contributed by atoms with van der Waals surface area (Å²) in [6.07, 6.45) is 3.04. The third-order valence-corrected chi connectivity index (χ3v) is 6.97. The van der Waals surface area contributed by atoms with Gasteiger partial charge in [0.2, 0.25) is 10.0 Å². The highest BCUT2D eigenvalue weighted by atomic mass is 32.2. The van der Waals surface area contributed by atoms with Crippen LogP contribution in [0.2, 0.25) is 0 Å². The zero-order chi connectivity index (χ0) is 23.1. The number of nitrogens with one attached hydrogen (secondary N) is 3. The van der Waals surface area contributed by atoms with Crippen molar-refractivity contribution >= 4 is 21.6 Å². The Hall–Kier alpha value is -2.49. The highest BCUT2D eigenvalue weighted by Crippen LogP contribution is 2.24. The van der Waals surface area contributed by atoms with Gasteiger partial charge in [0.25, 0.3) is 5.91 Å². The van der Waals surface area contributed by atoms with Crippen LogP contribution in [-0.4, -0.2) is 44.6 Å². The van der Waals surface area contributed by atoms with Gasteiger partial charge < -0.3 is 4.90 Å². The first-order valence-corrected chi connectivity index (χ1v) is 12.5. The molecule has 1 amide bonds. The van der Waals surface area contributed by atoms with Gasteiger partial charge in [-0.3, -0.25) is 20.4 Å². The summed E-state index contributed by atoms with van der Waals surface area (Å²) >= 11 is 0. The molecule has 0 saturated carbocycles. The van der Waals surface area contributed by atoms with Gasteiger partial charge in [-0.15, -0.1) is 0 Å². The van der Waals surface area contributed by atoms with Crippen LogP contribution in [0.5, 0.6) is 0 Å². The van der Waals surface area contributed by atoms with Crippen molar-refractivity contribution in [3.63, 3.8) is 0 Å².